The predicted octanol–water partition coefficient (Wildman–Crippen LogP) is 1.15. The van der Waals surface area contributed by atoms with Crippen LogP contribution in [-0.2, 0) is 4.74 Å². The van der Waals surface area contributed by atoms with E-state index in [1.165, 1.54) is 6.07 Å². The Morgan fingerprint density at radius 2 is 1.95 bits per heavy atom. The van der Waals surface area contributed by atoms with Crippen LogP contribution in [0.15, 0.2) is 18.3 Å². The lowest BCUT2D eigenvalue weighted by Crippen LogP contribution is -2.56. The molecule has 2 aliphatic rings. The molecule has 0 saturated carbocycles. The summed E-state index contributed by atoms with van der Waals surface area (Å²) < 4.78 is 5.21. The van der Waals surface area contributed by atoms with E-state index < -0.39 is 4.92 Å². The Morgan fingerprint density at radius 3 is 2.40 bits per heavy atom. The van der Waals surface area contributed by atoms with Gasteiger partial charge >= 0.3 is 5.82 Å². The molecule has 0 bridgehead atoms. The van der Waals surface area contributed by atoms with Crippen LogP contribution in [0.4, 0.5) is 11.5 Å². The quantitative estimate of drug-likeness (QED) is 0.611. The first-order valence-electron chi connectivity index (χ1n) is 6.41. The van der Waals surface area contributed by atoms with Gasteiger partial charge in [0, 0.05) is 32.2 Å². The van der Waals surface area contributed by atoms with Gasteiger partial charge in [-0.05, 0) is 16.0 Å². The molecule has 0 aromatic carbocycles. The zero-order chi connectivity index (χ0) is 13.2. The van der Waals surface area contributed by atoms with Gasteiger partial charge in [-0.3, -0.25) is 4.90 Å². The first-order valence-corrected chi connectivity index (χ1v) is 6.41. The molecule has 2 aliphatic heterocycles. The lowest BCUT2D eigenvalue weighted by atomic mass is 10.2. The van der Waals surface area contributed by atoms with E-state index in [0.717, 1.165) is 45.1 Å². The maximum atomic E-state index is 10.6. The van der Waals surface area contributed by atoms with E-state index in [0.29, 0.717) is 6.04 Å². The monoisotopic (exact) mass is 280 g/mol. The zero-order valence-electron chi connectivity index (χ0n) is 10.6. The Labute approximate surface area is 118 Å². The predicted molar refractivity (Wildman–Crippen MR) is 76.0 cm³/mol. The van der Waals surface area contributed by atoms with Gasteiger partial charge in [0.05, 0.1) is 24.9 Å². The maximum absolute atomic E-state index is 10.6. The summed E-state index contributed by atoms with van der Waals surface area (Å²) in [6.07, 6.45) is 1.58. The number of anilines is 1. The van der Waals surface area contributed by atoms with Gasteiger partial charge in [-0.15, -0.1) is 0 Å². The van der Waals surface area contributed by atoms with E-state index in [9.17, 15) is 10.1 Å². The fourth-order valence-corrected chi connectivity index (χ4v) is 2.45. The molecule has 7 heteroatoms. The largest absolute Gasteiger partial charge is 0.378 e. The van der Waals surface area contributed by atoms with Crippen LogP contribution in [0, 0.1) is 10.1 Å². The third-order valence-electron chi connectivity index (χ3n) is 3.74. The van der Waals surface area contributed by atoms with Crippen molar-refractivity contribution in [1.29, 1.82) is 0 Å². The van der Waals surface area contributed by atoms with Crippen molar-refractivity contribution in [2.75, 3.05) is 44.3 Å². The number of nitrogens with zero attached hydrogens (tertiary/aromatic N) is 4. The molecule has 0 aliphatic carbocycles. The molecule has 110 valence electrons. The molecule has 0 spiro atoms. The lowest BCUT2D eigenvalue weighted by molar-refractivity contribution is -0.389. The first-order chi connectivity index (χ1) is 9.24. The molecule has 0 radical (unpaired) electrons. The van der Waals surface area contributed by atoms with Crippen LogP contribution in [0.5, 0.6) is 0 Å². The van der Waals surface area contributed by atoms with Crippen LogP contribution in [0.25, 0.3) is 0 Å². The van der Waals surface area contributed by atoms with Crippen molar-refractivity contribution < 1.29 is 9.66 Å². The molecule has 0 amide bonds. The maximum Gasteiger partial charge on any atom is 0.363 e. The average molecular weight is 280 g/mol. The number of pyridine rings is 1. The smallest absolute Gasteiger partial charge is 0.363 e. The fourth-order valence-electron chi connectivity index (χ4n) is 2.45. The van der Waals surface area contributed by atoms with Crippen LogP contribution < -0.4 is 4.90 Å². The van der Waals surface area contributed by atoms with Gasteiger partial charge in [-0.2, -0.15) is 0 Å². The fraction of sp³-hybridized carbons (Fsp3) is 0.615. The summed E-state index contributed by atoms with van der Waals surface area (Å²) in [6, 6.07) is 3.81. The van der Waals surface area contributed by atoms with E-state index >= 15 is 0 Å². The molecule has 0 atom stereocenters. The van der Waals surface area contributed by atoms with Crippen LogP contribution in [0.2, 0.25) is 0 Å². The summed E-state index contributed by atoms with van der Waals surface area (Å²) in [4.78, 5) is 18.6. The Bertz CT molecular complexity index is 453. The van der Waals surface area contributed by atoms with E-state index in [4.69, 9.17) is 4.74 Å². The minimum absolute atomic E-state index is 0. The van der Waals surface area contributed by atoms with Gasteiger partial charge in [0.2, 0.25) is 0 Å². The number of rotatable bonds is 3. The van der Waals surface area contributed by atoms with Crippen molar-refractivity contribution in [3.05, 3.63) is 28.4 Å². The molecule has 1 aromatic rings. The standard InChI is InChI=1S/C12H16N4O3.CH4/c17-16(18)12-2-1-10(7-13-12)14-3-5-15(6-4-14)11-8-19-9-11;/h1-2,7,11H,3-6,8-9H2;1H4. The topological polar surface area (TPSA) is 71.7 Å². The third kappa shape index (κ3) is 2.88. The van der Waals surface area contributed by atoms with Crippen molar-refractivity contribution in [2.45, 2.75) is 13.5 Å². The van der Waals surface area contributed by atoms with Crippen molar-refractivity contribution in [1.82, 2.24) is 9.88 Å². The van der Waals surface area contributed by atoms with Crippen LogP contribution in [-0.4, -0.2) is 60.2 Å². The summed E-state index contributed by atoms with van der Waals surface area (Å²) in [6.45, 7) is 5.56. The zero-order valence-corrected chi connectivity index (χ0v) is 10.6. The molecule has 2 saturated heterocycles. The Hall–Kier alpha value is -1.73. The molecule has 2 fully saturated rings. The highest BCUT2D eigenvalue weighted by Crippen LogP contribution is 2.20. The summed E-state index contributed by atoms with van der Waals surface area (Å²) in [5.41, 5.74) is 0.954. The molecule has 7 nitrogen and oxygen atoms in total. The number of hydrogen-bond donors (Lipinski definition) is 0. The Kier molecular flexibility index (Phi) is 4.51. The van der Waals surface area contributed by atoms with Gasteiger partial charge in [-0.25, -0.2) is 0 Å². The molecular weight excluding hydrogens is 260 g/mol. The highest BCUT2D eigenvalue weighted by atomic mass is 16.6. The van der Waals surface area contributed by atoms with Gasteiger partial charge < -0.3 is 19.8 Å². The van der Waals surface area contributed by atoms with Crippen LogP contribution >= 0.6 is 0 Å². The average Bonchev–Trinajstić information content (AvgIpc) is 2.38. The molecule has 3 rings (SSSR count). The van der Waals surface area contributed by atoms with Crippen LogP contribution in [0.3, 0.4) is 0 Å². The molecule has 0 unspecified atom stereocenters. The van der Waals surface area contributed by atoms with E-state index in [-0.39, 0.29) is 13.2 Å². The normalized spacial score (nSPS) is 20.1. The van der Waals surface area contributed by atoms with Crippen molar-refractivity contribution in [3.8, 4) is 0 Å². The first kappa shape index (κ1) is 14.7. The van der Waals surface area contributed by atoms with Gasteiger partial charge in [-0.1, -0.05) is 7.43 Å². The number of hydrogen-bond acceptors (Lipinski definition) is 6. The number of nitro groups is 1. The summed E-state index contributed by atoms with van der Waals surface area (Å²) >= 11 is 0. The molecule has 20 heavy (non-hydrogen) atoms. The highest BCUT2D eigenvalue weighted by Gasteiger charge is 2.29. The third-order valence-corrected chi connectivity index (χ3v) is 3.74. The number of aromatic nitrogens is 1. The highest BCUT2D eigenvalue weighted by molar-refractivity contribution is 5.46. The Morgan fingerprint density at radius 1 is 1.25 bits per heavy atom. The minimum Gasteiger partial charge on any atom is -0.378 e. The van der Waals surface area contributed by atoms with Gasteiger partial charge in [0.1, 0.15) is 0 Å². The summed E-state index contributed by atoms with van der Waals surface area (Å²) in [5.74, 6) is -0.103. The van der Waals surface area contributed by atoms with Crippen molar-refractivity contribution >= 4 is 11.5 Å². The number of ether oxygens (including phenoxy) is 1. The summed E-state index contributed by atoms with van der Waals surface area (Å²) in [5, 5.41) is 10.6. The van der Waals surface area contributed by atoms with Crippen molar-refractivity contribution in [2.24, 2.45) is 0 Å². The summed E-state index contributed by atoms with van der Waals surface area (Å²) in [7, 11) is 0. The van der Waals surface area contributed by atoms with Gasteiger partial charge in [0.25, 0.3) is 0 Å². The van der Waals surface area contributed by atoms with E-state index in [1.807, 2.05) is 0 Å². The van der Waals surface area contributed by atoms with Crippen LogP contribution in [0.1, 0.15) is 7.43 Å². The minimum atomic E-state index is -0.474. The van der Waals surface area contributed by atoms with E-state index in [1.54, 1.807) is 12.3 Å². The molecule has 0 N–H and O–H groups in total. The Balaban J connectivity index is 0.00000147. The van der Waals surface area contributed by atoms with Crippen molar-refractivity contribution in [3.63, 3.8) is 0 Å². The molecule has 3 heterocycles. The van der Waals surface area contributed by atoms with E-state index in [2.05, 4.69) is 14.8 Å². The number of piperazine rings is 1. The van der Waals surface area contributed by atoms with Gasteiger partial charge in [0.15, 0.2) is 6.20 Å². The second-order valence-electron chi connectivity index (χ2n) is 4.85. The second kappa shape index (κ2) is 6.15. The molecular formula is C13H20N4O3. The molecule has 1 aromatic heterocycles. The SMILES string of the molecule is C.O=[N+]([O-])c1ccc(N2CCN(C3COC3)CC2)cn1. The lowest BCUT2D eigenvalue weighted by Gasteiger charge is -2.42. The second-order valence-corrected chi connectivity index (χ2v) is 4.85.